The Labute approximate surface area is 146 Å². The summed E-state index contributed by atoms with van der Waals surface area (Å²) < 4.78 is 2.05. The molecular formula is C19H32N4O. The van der Waals surface area contributed by atoms with Crippen LogP contribution in [0.4, 0.5) is 0 Å². The first kappa shape index (κ1) is 17.5. The van der Waals surface area contributed by atoms with Crippen LogP contribution in [0.25, 0.3) is 0 Å². The van der Waals surface area contributed by atoms with Crippen molar-refractivity contribution in [2.75, 3.05) is 26.7 Å². The zero-order valence-electron chi connectivity index (χ0n) is 15.3. The van der Waals surface area contributed by atoms with Crippen LogP contribution in [-0.2, 0) is 11.3 Å². The summed E-state index contributed by atoms with van der Waals surface area (Å²) in [7, 11) is 2.21. The Morgan fingerprint density at radius 2 is 2.00 bits per heavy atom. The summed E-state index contributed by atoms with van der Waals surface area (Å²) in [6.45, 7) is 6.10. The molecule has 3 rings (SSSR count). The Bertz CT molecular complexity index is 533. The second-order valence-corrected chi connectivity index (χ2v) is 7.73. The number of aryl methyl sites for hydroxylation is 1. The van der Waals surface area contributed by atoms with E-state index in [1.54, 1.807) is 0 Å². The Hall–Kier alpha value is -1.36. The number of carbonyl (C=O) groups excluding carboxylic acids is 1. The van der Waals surface area contributed by atoms with E-state index in [0.29, 0.717) is 17.9 Å². The number of piperidine rings is 2. The minimum absolute atomic E-state index is 0.363. The largest absolute Gasteiger partial charge is 0.343 e. The highest BCUT2D eigenvalue weighted by molar-refractivity contribution is 5.76. The molecule has 0 saturated carbocycles. The first-order valence-electron chi connectivity index (χ1n) is 9.59. The Balaban J connectivity index is 1.38. The maximum absolute atomic E-state index is 12.5. The van der Waals surface area contributed by atoms with Crippen LogP contribution in [0.5, 0.6) is 0 Å². The molecule has 2 fully saturated rings. The first-order chi connectivity index (χ1) is 11.6. The van der Waals surface area contributed by atoms with Crippen LogP contribution in [0.1, 0.15) is 50.5 Å². The normalized spacial score (nSPS) is 23.6. The minimum atomic E-state index is 0.363. The van der Waals surface area contributed by atoms with Gasteiger partial charge >= 0.3 is 0 Å². The quantitative estimate of drug-likeness (QED) is 0.832. The van der Waals surface area contributed by atoms with Gasteiger partial charge in [0, 0.05) is 38.3 Å². The fraction of sp³-hybridized carbons (Fsp3) is 0.789. The average molecular weight is 332 g/mol. The molecule has 3 heterocycles. The van der Waals surface area contributed by atoms with E-state index < -0.39 is 0 Å². The Kier molecular flexibility index (Phi) is 5.93. The van der Waals surface area contributed by atoms with Crippen LogP contribution < -0.4 is 0 Å². The topological polar surface area (TPSA) is 41.4 Å². The molecule has 0 spiro atoms. The summed E-state index contributed by atoms with van der Waals surface area (Å²) in [6.07, 6.45) is 11.9. The van der Waals surface area contributed by atoms with E-state index in [2.05, 4.69) is 39.7 Å². The number of amides is 1. The smallest absolute Gasteiger partial charge is 0.222 e. The van der Waals surface area contributed by atoms with Crippen molar-refractivity contribution in [2.45, 2.75) is 64.5 Å². The highest BCUT2D eigenvalue weighted by Crippen LogP contribution is 2.22. The number of rotatable bonds is 5. The van der Waals surface area contributed by atoms with Crippen molar-refractivity contribution in [3.05, 3.63) is 18.0 Å². The lowest BCUT2D eigenvalue weighted by atomic mass is 9.95. The van der Waals surface area contributed by atoms with Gasteiger partial charge in [-0.05, 0) is 64.1 Å². The average Bonchev–Trinajstić information content (AvgIpc) is 2.99. The number of hydrogen-bond donors (Lipinski definition) is 0. The second-order valence-electron chi connectivity index (χ2n) is 7.73. The van der Waals surface area contributed by atoms with E-state index in [-0.39, 0.29) is 0 Å². The van der Waals surface area contributed by atoms with Crippen LogP contribution in [0, 0.1) is 12.8 Å². The summed E-state index contributed by atoms with van der Waals surface area (Å²) in [5.74, 6) is 1.01. The van der Waals surface area contributed by atoms with Crippen molar-refractivity contribution in [1.82, 2.24) is 19.6 Å². The van der Waals surface area contributed by atoms with E-state index in [4.69, 9.17) is 0 Å². The summed E-state index contributed by atoms with van der Waals surface area (Å²) in [4.78, 5) is 17.0. The maximum Gasteiger partial charge on any atom is 0.222 e. The van der Waals surface area contributed by atoms with E-state index in [1.165, 1.54) is 31.4 Å². The van der Waals surface area contributed by atoms with Gasteiger partial charge in [-0.25, -0.2) is 0 Å². The second kappa shape index (κ2) is 8.15. The third-order valence-corrected chi connectivity index (χ3v) is 5.79. The van der Waals surface area contributed by atoms with Crippen LogP contribution >= 0.6 is 0 Å². The highest BCUT2D eigenvalue weighted by atomic mass is 16.2. The van der Waals surface area contributed by atoms with Gasteiger partial charge in [0.25, 0.3) is 0 Å². The predicted octanol–water partition coefficient (Wildman–Crippen LogP) is 2.69. The lowest BCUT2D eigenvalue weighted by molar-refractivity contribution is -0.133. The Morgan fingerprint density at radius 3 is 2.67 bits per heavy atom. The monoisotopic (exact) mass is 332 g/mol. The summed E-state index contributed by atoms with van der Waals surface area (Å²) in [5.41, 5.74) is 1.22. The molecule has 0 aromatic carbocycles. The van der Waals surface area contributed by atoms with Crippen LogP contribution in [0.15, 0.2) is 12.4 Å². The molecule has 5 heteroatoms. The molecule has 1 atom stereocenters. The van der Waals surface area contributed by atoms with Gasteiger partial charge in [0.15, 0.2) is 0 Å². The van der Waals surface area contributed by atoms with Crippen molar-refractivity contribution in [1.29, 1.82) is 0 Å². The van der Waals surface area contributed by atoms with E-state index in [9.17, 15) is 4.79 Å². The fourth-order valence-corrected chi connectivity index (χ4v) is 4.15. The highest BCUT2D eigenvalue weighted by Gasteiger charge is 2.25. The standard InChI is InChI=1S/C19H32N4O/c1-16-13-20-23(14-16)15-17-8-11-22(12-9-17)19(24)7-6-18-5-3-4-10-21(18)2/h13-14,17-18H,3-12,15H2,1-2H3/t18-/m0/s1. The number of nitrogens with zero attached hydrogens (tertiary/aromatic N) is 4. The van der Waals surface area contributed by atoms with E-state index in [1.807, 2.05) is 6.20 Å². The van der Waals surface area contributed by atoms with Crippen molar-refractivity contribution in [3.63, 3.8) is 0 Å². The molecule has 0 radical (unpaired) electrons. The molecule has 1 aromatic rings. The molecule has 2 aliphatic rings. The molecule has 1 aromatic heterocycles. The SMILES string of the molecule is Cc1cnn(CC2CCN(C(=O)CC[C@@H]3CCCCN3C)CC2)c1. The van der Waals surface area contributed by atoms with Crippen LogP contribution in [-0.4, -0.2) is 58.2 Å². The van der Waals surface area contributed by atoms with Crippen LogP contribution in [0.2, 0.25) is 0 Å². The first-order valence-corrected chi connectivity index (χ1v) is 9.59. The molecule has 0 N–H and O–H groups in total. The van der Waals surface area contributed by atoms with Crippen molar-refractivity contribution in [2.24, 2.45) is 5.92 Å². The lowest BCUT2D eigenvalue weighted by Gasteiger charge is -2.34. The van der Waals surface area contributed by atoms with Gasteiger partial charge in [0.1, 0.15) is 0 Å². The lowest BCUT2D eigenvalue weighted by Crippen LogP contribution is -2.41. The molecule has 134 valence electrons. The number of aromatic nitrogens is 2. The molecular weight excluding hydrogens is 300 g/mol. The zero-order chi connectivity index (χ0) is 16.9. The third kappa shape index (κ3) is 4.59. The van der Waals surface area contributed by atoms with Gasteiger partial charge in [-0.3, -0.25) is 9.48 Å². The molecule has 0 bridgehead atoms. The third-order valence-electron chi connectivity index (χ3n) is 5.79. The van der Waals surface area contributed by atoms with Gasteiger partial charge in [-0.2, -0.15) is 5.10 Å². The molecule has 24 heavy (non-hydrogen) atoms. The van der Waals surface area contributed by atoms with E-state index >= 15 is 0 Å². The van der Waals surface area contributed by atoms with Gasteiger partial charge in [0.2, 0.25) is 5.91 Å². The van der Waals surface area contributed by atoms with Gasteiger partial charge < -0.3 is 9.80 Å². The summed E-state index contributed by atoms with van der Waals surface area (Å²) in [5, 5.41) is 4.38. The zero-order valence-corrected chi connectivity index (χ0v) is 15.3. The number of hydrogen-bond acceptors (Lipinski definition) is 3. The molecule has 2 aliphatic heterocycles. The van der Waals surface area contributed by atoms with E-state index in [0.717, 1.165) is 45.3 Å². The van der Waals surface area contributed by atoms with Crippen LogP contribution in [0.3, 0.4) is 0 Å². The molecule has 0 aliphatic carbocycles. The van der Waals surface area contributed by atoms with Crippen molar-refractivity contribution < 1.29 is 4.79 Å². The predicted molar refractivity (Wildman–Crippen MR) is 95.8 cm³/mol. The maximum atomic E-state index is 12.5. The molecule has 2 saturated heterocycles. The molecule has 1 amide bonds. The van der Waals surface area contributed by atoms with Gasteiger partial charge in [0.05, 0.1) is 6.20 Å². The summed E-state index contributed by atoms with van der Waals surface area (Å²) in [6, 6.07) is 0.614. The minimum Gasteiger partial charge on any atom is -0.343 e. The Morgan fingerprint density at radius 1 is 1.21 bits per heavy atom. The van der Waals surface area contributed by atoms with Crippen molar-refractivity contribution in [3.8, 4) is 0 Å². The van der Waals surface area contributed by atoms with Crippen molar-refractivity contribution >= 4 is 5.91 Å². The fourth-order valence-electron chi connectivity index (χ4n) is 4.15. The van der Waals surface area contributed by atoms with Gasteiger partial charge in [-0.1, -0.05) is 6.42 Å². The number of likely N-dealkylation sites (tertiary alicyclic amines) is 2. The number of carbonyl (C=O) groups is 1. The van der Waals surface area contributed by atoms with Gasteiger partial charge in [-0.15, -0.1) is 0 Å². The molecule has 0 unspecified atom stereocenters. The summed E-state index contributed by atoms with van der Waals surface area (Å²) >= 11 is 0. The molecule has 5 nitrogen and oxygen atoms in total.